The minimum absolute atomic E-state index is 0.241. The van der Waals surface area contributed by atoms with Crippen LogP contribution in [0, 0.1) is 5.82 Å². The van der Waals surface area contributed by atoms with Crippen molar-refractivity contribution in [2.45, 2.75) is 6.10 Å². The number of benzene rings is 2. The summed E-state index contributed by atoms with van der Waals surface area (Å²) in [6.07, 6.45) is -0.410. The molecule has 24 heavy (non-hydrogen) atoms. The Morgan fingerprint density at radius 3 is 2.62 bits per heavy atom. The number of para-hydroxylation sites is 1. The van der Waals surface area contributed by atoms with Crippen LogP contribution in [0.15, 0.2) is 54.6 Å². The van der Waals surface area contributed by atoms with Gasteiger partial charge in [0.2, 0.25) is 0 Å². The third-order valence-electron chi connectivity index (χ3n) is 3.35. The molecule has 2 aromatic carbocycles. The number of nitrogens with one attached hydrogen (secondary N) is 2. The highest BCUT2D eigenvalue weighted by Gasteiger charge is 2.12. The van der Waals surface area contributed by atoms with Gasteiger partial charge in [-0.1, -0.05) is 30.3 Å². The van der Waals surface area contributed by atoms with Crippen LogP contribution in [0.2, 0.25) is 0 Å². The summed E-state index contributed by atoms with van der Waals surface area (Å²) < 4.78 is 24.0. The zero-order valence-corrected chi connectivity index (χ0v) is 13.5. The van der Waals surface area contributed by atoms with Crippen molar-refractivity contribution in [3.8, 4) is 5.75 Å². The van der Waals surface area contributed by atoms with Crippen molar-refractivity contribution >= 4 is 6.03 Å². The fourth-order valence-corrected chi connectivity index (χ4v) is 2.14. The van der Waals surface area contributed by atoms with E-state index in [0.717, 1.165) is 5.75 Å². The Labute approximate surface area is 140 Å². The molecule has 0 bridgehead atoms. The van der Waals surface area contributed by atoms with E-state index in [9.17, 15) is 9.18 Å². The number of carbonyl (C=O) groups excluding carboxylic acids is 1. The van der Waals surface area contributed by atoms with E-state index in [0.29, 0.717) is 18.7 Å². The van der Waals surface area contributed by atoms with Crippen LogP contribution in [-0.2, 0) is 4.74 Å². The van der Waals surface area contributed by atoms with Crippen LogP contribution in [-0.4, -0.2) is 32.8 Å². The summed E-state index contributed by atoms with van der Waals surface area (Å²) in [4.78, 5) is 11.8. The van der Waals surface area contributed by atoms with Crippen molar-refractivity contribution in [1.82, 2.24) is 10.6 Å². The lowest BCUT2D eigenvalue weighted by atomic mass is 10.1. The lowest BCUT2D eigenvalue weighted by Gasteiger charge is -2.17. The second-order valence-corrected chi connectivity index (χ2v) is 5.08. The van der Waals surface area contributed by atoms with Gasteiger partial charge in [-0.3, -0.25) is 0 Å². The number of carbonyl (C=O) groups is 1. The van der Waals surface area contributed by atoms with Gasteiger partial charge >= 0.3 is 6.03 Å². The quantitative estimate of drug-likeness (QED) is 0.731. The van der Waals surface area contributed by atoms with Crippen LogP contribution in [0.3, 0.4) is 0 Å². The molecule has 128 valence electrons. The molecule has 0 saturated carbocycles. The predicted octanol–water partition coefficient (Wildman–Crippen LogP) is 2.89. The monoisotopic (exact) mass is 332 g/mol. The predicted molar refractivity (Wildman–Crippen MR) is 89.5 cm³/mol. The van der Waals surface area contributed by atoms with Crippen LogP contribution in [0.25, 0.3) is 0 Å². The van der Waals surface area contributed by atoms with Gasteiger partial charge in [0.05, 0.1) is 12.6 Å². The molecule has 0 aliphatic heterocycles. The van der Waals surface area contributed by atoms with Gasteiger partial charge in [-0.15, -0.1) is 0 Å². The van der Waals surface area contributed by atoms with E-state index >= 15 is 0 Å². The van der Waals surface area contributed by atoms with Gasteiger partial charge in [-0.05, 0) is 29.8 Å². The Kier molecular flexibility index (Phi) is 7.04. The number of methoxy groups -OCH3 is 1. The minimum atomic E-state index is -0.410. The topological polar surface area (TPSA) is 59.6 Å². The first-order chi connectivity index (χ1) is 11.7. The Hall–Kier alpha value is -2.60. The molecular weight excluding hydrogens is 311 g/mol. The van der Waals surface area contributed by atoms with Gasteiger partial charge < -0.3 is 20.1 Å². The highest BCUT2D eigenvalue weighted by atomic mass is 19.1. The first kappa shape index (κ1) is 17.7. The summed E-state index contributed by atoms with van der Waals surface area (Å²) in [5.41, 5.74) is 0.671. The number of hydrogen-bond donors (Lipinski definition) is 2. The third-order valence-corrected chi connectivity index (χ3v) is 3.35. The zero-order valence-electron chi connectivity index (χ0n) is 13.5. The fraction of sp³-hybridized carbons (Fsp3) is 0.278. The Balaban J connectivity index is 1.68. The van der Waals surface area contributed by atoms with Crippen LogP contribution >= 0.6 is 0 Å². The van der Waals surface area contributed by atoms with Gasteiger partial charge in [0.25, 0.3) is 0 Å². The van der Waals surface area contributed by atoms with Crippen molar-refractivity contribution in [2.24, 2.45) is 0 Å². The highest BCUT2D eigenvalue weighted by molar-refractivity contribution is 5.73. The summed E-state index contributed by atoms with van der Waals surface area (Å²) in [7, 11) is 1.52. The molecule has 0 aliphatic carbocycles. The third kappa shape index (κ3) is 5.89. The normalized spacial score (nSPS) is 11.6. The van der Waals surface area contributed by atoms with E-state index in [1.807, 2.05) is 30.3 Å². The Morgan fingerprint density at radius 2 is 1.92 bits per heavy atom. The SMILES string of the molecule is COC(CNC(=O)NCCOc1ccccc1)c1cccc(F)c1. The zero-order chi connectivity index (χ0) is 17.2. The average molecular weight is 332 g/mol. The minimum Gasteiger partial charge on any atom is -0.492 e. The standard InChI is InChI=1S/C18H21FN2O3/c1-23-17(14-6-5-7-15(19)12-14)13-21-18(22)20-10-11-24-16-8-3-2-4-9-16/h2-9,12,17H,10-11,13H2,1H3,(H2,20,21,22). The lowest BCUT2D eigenvalue weighted by Crippen LogP contribution is -2.39. The number of ether oxygens (including phenoxy) is 2. The van der Waals surface area contributed by atoms with Gasteiger partial charge in [0.15, 0.2) is 0 Å². The lowest BCUT2D eigenvalue weighted by molar-refractivity contribution is 0.103. The summed E-state index contributed by atoms with van der Waals surface area (Å²) >= 11 is 0. The van der Waals surface area contributed by atoms with Crippen molar-refractivity contribution < 1.29 is 18.7 Å². The molecule has 5 nitrogen and oxygen atoms in total. The first-order valence-corrected chi connectivity index (χ1v) is 7.67. The molecule has 0 spiro atoms. The average Bonchev–Trinajstić information content (AvgIpc) is 2.60. The van der Waals surface area contributed by atoms with E-state index in [1.165, 1.54) is 19.2 Å². The molecule has 0 aliphatic rings. The molecule has 2 aromatic rings. The smallest absolute Gasteiger partial charge is 0.315 e. The number of rotatable bonds is 8. The van der Waals surface area contributed by atoms with Gasteiger partial charge in [0, 0.05) is 13.7 Å². The number of halogens is 1. The van der Waals surface area contributed by atoms with Gasteiger partial charge in [-0.25, -0.2) is 9.18 Å². The maximum absolute atomic E-state index is 13.2. The molecule has 2 rings (SSSR count). The first-order valence-electron chi connectivity index (χ1n) is 7.67. The molecule has 1 atom stereocenters. The number of urea groups is 1. The molecule has 6 heteroatoms. The molecule has 0 fully saturated rings. The van der Waals surface area contributed by atoms with Crippen molar-refractivity contribution in [3.05, 3.63) is 66.0 Å². The molecular formula is C18H21FN2O3. The van der Waals surface area contributed by atoms with Crippen LogP contribution < -0.4 is 15.4 Å². The second kappa shape index (κ2) is 9.52. The Morgan fingerprint density at radius 1 is 1.12 bits per heavy atom. The fourth-order valence-electron chi connectivity index (χ4n) is 2.14. The summed E-state index contributed by atoms with van der Waals surface area (Å²) in [5, 5.41) is 5.39. The molecule has 1 unspecified atom stereocenters. The number of hydrogen-bond acceptors (Lipinski definition) is 3. The molecule has 0 heterocycles. The largest absolute Gasteiger partial charge is 0.492 e. The van der Waals surface area contributed by atoms with E-state index in [2.05, 4.69) is 10.6 Å². The van der Waals surface area contributed by atoms with E-state index < -0.39 is 6.10 Å². The molecule has 0 saturated heterocycles. The highest BCUT2D eigenvalue weighted by Crippen LogP contribution is 2.16. The van der Waals surface area contributed by atoms with E-state index in [1.54, 1.807) is 12.1 Å². The van der Waals surface area contributed by atoms with Gasteiger partial charge in [0.1, 0.15) is 18.2 Å². The molecule has 2 amide bonds. The maximum Gasteiger partial charge on any atom is 0.315 e. The molecule has 2 N–H and O–H groups in total. The molecule has 0 radical (unpaired) electrons. The van der Waals surface area contributed by atoms with E-state index in [4.69, 9.17) is 9.47 Å². The summed E-state index contributed by atoms with van der Waals surface area (Å²) in [6, 6.07) is 15.2. The second-order valence-electron chi connectivity index (χ2n) is 5.08. The van der Waals surface area contributed by atoms with Crippen LogP contribution in [0.5, 0.6) is 5.75 Å². The summed E-state index contributed by atoms with van der Waals surface area (Å²) in [5.74, 6) is 0.419. The van der Waals surface area contributed by atoms with Crippen molar-refractivity contribution in [1.29, 1.82) is 0 Å². The molecule has 0 aromatic heterocycles. The number of amides is 2. The van der Waals surface area contributed by atoms with Crippen LogP contribution in [0.4, 0.5) is 9.18 Å². The van der Waals surface area contributed by atoms with Crippen LogP contribution in [0.1, 0.15) is 11.7 Å². The Bertz CT molecular complexity index is 637. The van der Waals surface area contributed by atoms with E-state index in [-0.39, 0.29) is 18.4 Å². The summed E-state index contributed by atoms with van der Waals surface area (Å²) in [6.45, 7) is 0.985. The van der Waals surface area contributed by atoms with Crippen molar-refractivity contribution in [2.75, 3.05) is 26.8 Å². The van der Waals surface area contributed by atoms with Gasteiger partial charge in [-0.2, -0.15) is 0 Å². The van der Waals surface area contributed by atoms with Crippen molar-refractivity contribution in [3.63, 3.8) is 0 Å². The maximum atomic E-state index is 13.2.